The van der Waals surface area contributed by atoms with Crippen LogP contribution in [0.25, 0.3) is 0 Å². The van der Waals surface area contributed by atoms with Crippen LogP contribution in [0.15, 0.2) is 6.20 Å². The van der Waals surface area contributed by atoms with Crippen LogP contribution in [-0.2, 0) is 0 Å². The second-order valence-corrected chi connectivity index (χ2v) is 4.03. The number of nitro groups is 1. The first-order valence-corrected chi connectivity index (χ1v) is 5.10. The fraction of sp³-hybridized carbons (Fsp3) is 0.556. The van der Waals surface area contributed by atoms with E-state index in [-0.39, 0.29) is 11.6 Å². The van der Waals surface area contributed by atoms with Gasteiger partial charge in [0.2, 0.25) is 11.8 Å². The average Bonchev–Trinajstić information content (AvgIpc) is 2.64. The minimum absolute atomic E-state index is 0.0696. The molecule has 1 fully saturated rings. The summed E-state index contributed by atoms with van der Waals surface area (Å²) in [4.78, 5) is 19.9. The number of nitrogens with two attached hydrogens (primary N) is 1. The summed E-state index contributed by atoms with van der Waals surface area (Å²) < 4.78 is 0. The lowest BCUT2D eigenvalue weighted by molar-refractivity contribution is -0.384. The summed E-state index contributed by atoms with van der Waals surface area (Å²) in [6.45, 7) is 3.66. The highest BCUT2D eigenvalue weighted by molar-refractivity contribution is 5.58. The molecule has 0 amide bonds. The van der Waals surface area contributed by atoms with Gasteiger partial charge in [-0.05, 0) is 12.3 Å². The van der Waals surface area contributed by atoms with Crippen LogP contribution in [-0.4, -0.2) is 28.0 Å². The van der Waals surface area contributed by atoms with E-state index in [9.17, 15) is 10.1 Å². The first kappa shape index (κ1) is 10.6. The number of anilines is 2. The Morgan fingerprint density at radius 3 is 3.00 bits per heavy atom. The molecule has 0 radical (unpaired) electrons. The fourth-order valence-corrected chi connectivity index (χ4v) is 1.87. The van der Waals surface area contributed by atoms with E-state index in [1.54, 1.807) is 0 Å². The van der Waals surface area contributed by atoms with Gasteiger partial charge in [-0.3, -0.25) is 10.1 Å². The fourth-order valence-electron chi connectivity index (χ4n) is 1.87. The summed E-state index contributed by atoms with van der Waals surface area (Å²) in [5, 5.41) is 10.8. The molecular weight excluding hydrogens is 210 g/mol. The highest BCUT2D eigenvalue weighted by atomic mass is 16.6. The third kappa shape index (κ3) is 1.88. The number of hydrogen-bond donors (Lipinski definition) is 1. The van der Waals surface area contributed by atoms with Crippen molar-refractivity contribution in [1.29, 1.82) is 0 Å². The van der Waals surface area contributed by atoms with Crippen molar-refractivity contribution >= 4 is 17.5 Å². The molecule has 16 heavy (non-hydrogen) atoms. The van der Waals surface area contributed by atoms with Gasteiger partial charge in [0.05, 0.1) is 4.92 Å². The zero-order valence-corrected chi connectivity index (χ0v) is 8.96. The van der Waals surface area contributed by atoms with Crippen molar-refractivity contribution in [2.45, 2.75) is 13.3 Å². The molecule has 2 heterocycles. The monoisotopic (exact) mass is 223 g/mol. The Labute approximate surface area is 92.4 Å². The molecule has 1 unspecified atom stereocenters. The van der Waals surface area contributed by atoms with Crippen LogP contribution in [0.5, 0.6) is 0 Å². The maximum absolute atomic E-state index is 10.8. The van der Waals surface area contributed by atoms with Gasteiger partial charge in [0, 0.05) is 13.1 Å². The average molecular weight is 223 g/mol. The predicted octanol–water partition coefficient (Wildman–Crippen LogP) is 0.813. The van der Waals surface area contributed by atoms with Crippen LogP contribution in [0.1, 0.15) is 13.3 Å². The number of nitrogens with zero attached hydrogens (tertiary/aromatic N) is 4. The van der Waals surface area contributed by atoms with Crippen molar-refractivity contribution in [2.24, 2.45) is 5.92 Å². The van der Waals surface area contributed by atoms with Gasteiger partial charge >= 0.3 is 5.69 Å². The van der Waals surface area contributed by atoms with Crippen LogP contribution in [0.2, 0.25) is 0 Å². The normalized spacial score (nSPS) is 20.1. The number of rotatable bonds is 2. The van der Waals surface area contributed by atoms with Crippen LogP contribution >= 0.6 is 0 Å². The molecule has 1 aromatic heterocycles. The molecule has 0 aliphatic carbocycles. The maximum Gasteiger partial charge on any atom is 0.329 e. The smallest absolute Gasteiger partial charge is 0.329 e. The third-order valence-electron chi connectivity index (χ3n) is 2.69. The van der Waals surface area contributed by atoms with Crippen molar-refractivity contribution in [2.75, 3.05) is 23.7 Å². The molecule has 2 N–H and O–H groups in total. The van der Waals surface area contributed by atoms with Crippen molar-refractivity contribution in [3.05, 3.63) is 16.3 Å². The molecular formula is C9H13N5O2. The Hall–Kier alpha value is -1.92. The highest BCUT2D eigenvalue weighted by Crippen LogP contribution is 2.29. The Bertz CT molecular complexity index is 422. The number of aromatic nitrogens is 2. The number of hydrogen-bond acceptors (Lipinski definition) is 6. The predicted molar refractivity (Wildman–Crippen MR) is 59.1 cm³/mol. The SMILES string of the molecule is CC1CCN(c2nc(N)ncc2[N+](=O)[O-])C1. The molecule has 86 valence electrons. The molecule has 7 nitrogen and oxygen atoms in total. The molecule has 0 saturated carbocycles. The lowest BCUT2D eigenvalue weighted by Gasteiger charge is -2.16. The van der Waals surface area contributed by atoms with Crippen molar-refractivity contribution in [3.63, 3.8) is 0 Å². The second-order valence-electron chi connectivity index (χ2n) is 4.03. The molecule has 1 aliphatic rings. The largest absolute Gasteiger partial charge is 0.368 e. The molecule has 1 saturated heterocycles. The first-order chi connectivity index (χ1) is 7.58. The van der Waals surface area contributed by atoms with E-state index in [0.29, 0.717) is 11.7 Å². The lowest BCUT2D eigenvalue weighted by atomic mass is 10.2. The molecule has 1 aromatic rings. The van der Waals surface area contributed by atoms with Gasteiger partial charge in [0.1, 0.15) is 6.20 Å². The van der Waals surface area contributed by atoms with Crippen molar-refractivity contribution in [3.8, 4) is 0 Å². The third-order valence-corrected chi connectivity index (χ3v) is 2.69. The van der Waals surface area contributed by atoms with Gasteiger partial charge in [-0.1, -0.05) is 6.92 Å². The van der Waals surface area contributed by atoms with Gasteiger partial charge < -0.3 is 10.6 Å². The molecule has 1 aliphatic heterocycles. The van der Waals surface area contributed by atoms with Crippen molar-refractivity contribution in [1.82, 2.24) is 9.97 Å². The quantitative estimate of drug-likeness (QED) is 0.588. The summed E-state index contributed by atoms with van der Waals surface area (Å²) in [5.41, 5.74) is 5.38. The van der Waals surface area contributed by atoms with Gasteiger partial charge in [-0.2, -0.15) is 4.98 Å². The van der Waals surface area contributed by atoms with E-state index >= 15 is 0 Å². The summed E-state index contributed by atoms with van der Waals surface area (Å²) in [5.74, 6) is 0.929. The molecule has 7 heteroatoms. The Morgan fingerprint density at radius 1 is 1.69 bits per heavy atom. The van der Waals surface area contributed by atoms with Crippen LogP contribution < -0.4 is 10.6 Å². The molecule has 2 rings (SSSR count). The van der Waals surface area contributed by atoms with Gasteiger partial charge in [-0.25, -0.2) is 4.98 Å². The maximum atomic E-state index is 10.8. The number of nitrogen functional groups attached to an aromatic ring is 1. The van der Waals surface area contributed by atoms with E-state index in [1.807, 2.05) is 4.90 Å². The minimum Gasteiger partial charge on any atom is -0.368 e. The van der Waals surface area contributed by atoms with Gasteiger partial charge in [0.15, 0.2) is 0 Å². The lowest BCUT2D eigenvalue weighted by Crippen LogP contribution is -2.22. The first-order valence-electron chi connectivity index (χ1n) is 5.10. The Kier molecular flexibility index (Phi) is 2.59. The molecule has 1 atom stereocenters. The zero-order chi connectivity index (χ0) is 11.7. The summed E-state index contributed by atoms with van der Waals surface area (Å²) in [7, 11) is 0. The van der Waals surface area contributed by atoms with Crippen LogP contribution in [0.4, 0.5) is 17.5 Å². The van der Waals surface area contributed by atoms with E-state index in [4.69, 9.17) is 5.73 Å². The zero-order valence-electron chi connectivity index (χ0n) is 8.96. The summed E-state index contributed by atoms with van der Waals surface area (Å²) >= 11 is 0. The topological polar surface area (TPSA) is 98.2 Å². The van der Waals surface area contributed by atoms with E-state index < -0.39 is 4.92 Å². The summed E-state index contributed by atoms with van der Waals surface area (Å²) in [6.07, 6.45) is 2.18. The van der Waals surface area contributed by atoms with Crippen LogP contribution in [0.3, 0.4) is 0 Å². The second kappa shape index (κ2) is 3.92. The van der Waals surface area contributed by atoms with Crippen molar-refractivity contribution < 1.29 is 4.92 Å². The van der Waals surface area contributed by atoms with E-state index in [1.165, 1.54) is 6.20 Å². The van der Waals surface area contributed by atoms with E-state index in [0.717, 1.165) is 19.5 Å². The molecule has 0 bridgehead atoms. The molecule has 0 spiro atoms. The Morgan fingerprint density at radius 2 is 2.44 bits per heavy atom. The Balaban J connectivity index is 2.37. The van der Waals surface area contributed by atoms with Gasteiger partial charge in [-0.15, -0.1) is 0 Å². The molecule has 0 aromatic carbocycles. The van der Waals surface area contributed by atoms with E-state index in [2.05, 4.69) is 16.9 Å². The minimum atomic E-state index is -0.474. The highest BCUT2D eigenvalue weighted by Gasteiger charge is 2.27. The standard InChI is InChI=1S/C9H13N5O2/c1-6-2-3-13(5-6)8-7(14(15)16)4-11-9(10)12-8/h4,6H,2-3,5H2,1H3,(H2,10,11,12). The van der Waals surface area contributed by atoms with Gasteiger partial charge in [0.25, 0.3) is 0 Å². The van der Waals surface area contributed by atoms with Crippen LogP contribution in [0, 0.1) is 16.0 Å². The summed E-state index contributed by atoms with van der Waals surface area (Å²) in [6, 6.07) is 0.